The van der Waals surface area contributed by atoms with Gasteiger partial charge >= 0.3 is 5.97 Å². The molecule has 0 rings (SSSR count). The highest BCUT2D eigenvalue weighted by Gasteiger charge is 2.06. The molecule has 0 atom stereocenters. The first-order valence-electron chi connectivity index (χ1n) is 3.97. The molecule has 0 aliphatic heterocycles. The summed E-state index contributed by atoms with van der Waals surface area (Å²) in [7, 11) is 1.32. The molecule has 0 aliphatic carbocycles. The first-order chi connectivity index (χ1) is 6.07. The number of allylic oxidation sites excluding steroid dienone is 1. The predicted octanol–water partition coefficient (Wildman–Crippen LogP) is 1.51. The molecule has 0 spiro atoms. The van der Waals surface area contributed by atoms with Crippen molar-refractivity contribution < 1.29 is 14.5 Å². The Hall–Kier alpha value is -1.39. The summed E-state index contributed by atoms with van der Waals surface area (Å²) in [5.74, 6) is -0.285. The van der Waals surface area contributed by atoms with E-state index in [4.69, 9.17) is 0 Å². The van der Waals surface area contributed by atoms with E-state index in [2.05, 4.69) is 11.3 Å². The molecule has 0 amide bonds. The standard InChI is InChI=1S/C8H13NO4/c1-7(9(11)12)5-3-4-6-8(10)13-2/h1,3-6H2,2H3. The summed E-state index contributed by atoms with van der Waals surface area (Å²) < 4.78 is 4.41. The first-order valence-corrected chi connectivity index (χ1v) is 3.97. The van der Waals surface area contributed by atoms with Crippen molar-refractivity contribution in [3.05, 3.63) is 22.4 Å². The van der Waals surface area contributed by atoms with Crippen LogP contribution in [0.4, 0.5) is 0 Å². The normalized spacial score (nSPS) is 9.31. The monoisotopic (exact) mass is 187 g/mol. The van der Waals surface area contributed by atoms with Gasteiger partial charge in [-0.25, -0.2) is 0 Å². The van der Waals surface area contributed by atoms with Gasteiger partial charge in [-0.1, -0.05) is 0 Å². The topological polar surface area (TPSA) is 69.4 Å². The van der Waals surface area contributed by atoms with Crippen LogP contribution in [-0.2, 0) is 9.53 Å². The fourth-order valence-electron chi connectivity index (χ4n) is 0.792. The van der Waals surface area contributed by atoms with Gasteiger partial charge in [0, 0.05) is 12.8 Å². The highest BCUT2D eigenvalue weighted by atomic mass is 16.6. The first kappa shape index (κ1) is 11.6. The molecule has 0 bridgehead atoms. The third kappa shape index (κ3) is 5.84. The van der Waals surface area contributed by atoms with Crippen LogP contribution < -0.4 is 0 Å². The van der Waals surface area contributed by atoms with E-state index in [1.807, 2.05) is 0 Å². The molecule has 0 saturated carbocycles. The number of rotatable bonds is 6. The van der Waals surface area contributed by atoms with Gasteiger partial charge in [0.15, 0.2) is 0 Å². The molecule has 0 aliphatic rings. The lowest BCUT2D eigenvalue weighted by molar-refractivity contribution is -0.427. The Bertz CT molecular complexity index is 212. The van der Waals surface area contributed by atoms with Crippen LogP contribution in [0.2, 0.25) is 0 Å². The highest BCUT2D eigenvalue weighted by molar-refractivity contribution is 5.68. The van der Waals surface area contributed by atoms with Crippen LogP contribution in [0.1, 0.15) is 25.7 Å². The number of nitrogens with zero attached hydrogens (tertiary/aromatic N) is 1. The average Bonchev–Trinajstić information content (AvgIpc) is 2.11. The Morgan fingerprint density at radius 1 is 1.46 bits per heavy atom. The lowest BCUT2D eigenvalue weighted by Gasteiger charge is -1.98. The van der Waals surface area contributed by atoms with Crippen molar-refractivity contribution in [3.8, 4) is 0 Å². The van der Waals surface area contributed by atoms with Crippen LogP contribution in [0.15, 0.2) is 12.3 Å². The number of unbranched alkanes of at least 4 members (excludes halogenated alkanes) is 1. The lowest BCUT2D eigenvalue weighted by atomic mass is 10.2. The van der Waals surface area contributed by atoms with E-state index in [-0.39, 0.29) is 11.7 Å². The fraction of sp³-hybridized carbons (Fsp3) is 0.625. The molecule has 0 unspecified atom stereocenters. The molecule has 5 heteroatoms. The molecule has 74 valence electrons. The second-order valence-electron chi connectivity index (χ2n) is 2.61. The van der Waals surface area contributed by atoms with Crippen molar-refractivity contribution in [2.24, 2.45) is 0 Å². The van der Waals surface area contributed by atoms with Crippen molar-refractivity contribution in [2.75, 3.05) is 7.11 Å². The molecule has 0 aromatic carbocycles. The van der Waals surface area contributed by atoms with Gasteiger partial charge in [0.2, 0.25) is 5.70 Å². The van der Waals surface area contributed by atoms with Crippen LogP contribution in [0, 0.1) is 10.1 Å². The zero-order valence-corrected chi connectivity index (χ0v) is 7.62. The minimum absolute atomic E-state index is 0.00938. The van der Waals surface area contributed by atoms with Gasteiger partial charge in [-0.3, -0.25) is 14.9 Å². The van der Waals surface area contributed by atoms with E-state index in [9.17, 15) is 14.9 Å². The lowest BCUT2D eigenvalue weighted by Crippen LogP contribution is -2.01. The van der Waals surface area contributed by atoms with Gasteiger partial charge in [-0.15, -0.1) is 0 Å². The minimum atomic E-state index is -0.502. The van der Waals surface area contributed by atoms with Crippen LogP contribution in [0.5, 0.6) is 0 Å². The number of carbonyl (C=O) groups is 1. The van der Waals surface area contributed by atoms with Crippen molar-refractivity contribution in [2.45, 2.75) is 25.7 Å². The number of esters is 1. The molecule has 0 aromatic rings. The third-order valence-corrected chi connectivity index (χ3v) is 1.58. The molecular formula is C8H13NO4. The number of hydrogen-bond acceptors (Lipinski definition) is 4. The third-order valence-electron chi connectivity index (χ3n) is 1.58. The van der Waals surface area contributed by atoms with Crippen molar-refractivity contribution >= 4 is 5.97 Å². The van der Waals surface area contributed by atoms with Gasteiger partial charge in [0.1, 0.15) is 0 Å². The second-order valence-corrected chi connectivity index (χ2v) is 2.61. The highest BCUT2D eigenvalue weighted by Crippen LogP contribution is 2.07. The second kappa shape index (κ2) is 6.16. The summed E-state index contributed by atoms with van der Waals surface area (Å²) in [5.41, 5.74) is -0.00938. The summed E-state index contributed by atoms with van der Waals surface area (Å²) >= 11 is 0. The molecular weight excluding hydrogens is 174 g/mol. The SMILES string of the molecule is C=C(CCCCC(=O)OC)[N+](=O)[O-]. The van der Waals surface area contributed by atoms with Crippen LogP contribution in [-0.4, -0.2) is 18.0 Å². The van der Waals surface area contributed by atoms with E-state index in [1.165, 1.54) is 7.11 Å². The molecule has 0 saturated heterocycles. The zero-order valence-electron chi connectivity index (χ0n) is 7.62. The maximum Gasteiger partial charge on any atom is 0.305 e. The maximum atomic E-state index is 10.6. The Kier molecular flexibility index (Phi) is 5.50. The molecule has 0 radical (unpaired) electrons. The molecule has 0 N–H and O–H groups in total. The molecule has 0 aromatic heterocycles. The molecule has 13 heavy (non-hydrogen) atoms. The number of methoxy groups -OCH3 is 1. The Morgan fingerprint density at radius 2 is 2.00 bits per heavy atom. The maximum absolute atomic E-state index is 10.6. The van der Waals surface area contributed by atoms with Gasteiger partial charge in [-0.2, -0.15) is 0 Å². The van der Waals surface area contributed by atoms with Crippen molar-refractivity contribution in [1.29, 1.82) is 0 Å². The Balaban J connectivity index is 3.41. The van der Waals surface area contributed by atoms with E-state index >= 15 is 0 Å². The van der Waals surface area contributed by atoms with Gasteiger partial charge < -0.3 is 4.74 Å². The van der Waals surface area contributed by atoms with Crippen molar-refractivity contribution in [1.82, 2.24) is 0 Å². The minimum Gasteiger partial charge on any atom is -0.469 e. The summed E-state index contributed by atoms with van der Waals surface area (Å²) in [6.07, 6.45) is 1.82. The molecule has 5 nitrogen and oxygen atoms in total. The van der Waals surface area contributed by atoms with E-state index in [0.717, 1.165) is 0 Å². The smallest absolute Gasteiger partial charge is 0.305 e. The average molecular weight is 187 g/mol. The van der Waals surface area contributed by atoms with Crippen LogP contribution in [0.25, 0.3) is 0 Å². The molecule has 0 heterocycles. The number of nitro groups is 1. The summed E-state index contributed by atoms with van der Waals surface area (Å²) in [5, 5.41) is 10.1. The van der Waals surface area contributed by atoms with Crippen LogP contribution in [0.3, 0.4) is 0 Å². The van der Waals surface area contributed by atoms with Crippen LogP contribution >= 0.6 is 0 Å². The Morgan fingerprint density at radius 3 is 2.46 bits per heavy atom. The van der Waals surface area contributed by atoms with Gasteiger partial charge in [0.05, 0.1) is 12.0 Å². The number of ether oxygens (including phenoxy) is 1. The van der Waals surface area contributed by atoms with E-state index in [1.54, 1.807) is 0 Å². The van der Waals surface area contributed by atoms with E-state index in [0.29, 0.717) is 25.7 Å². The fourth-order valence-corrected chi connectivity index (χ4v) is 0.792. The van der Waals surface area contributed by atoms with Crippen molar-refractivity contribution in [3.63, 3.8) is 0 Å². The zero-order chi connectivity index (χ0) is 10.3. The van der Waals surface area contributed by atoms with Gasteiger partial charge in [-0.05, 0) is 19.4 Å². The summed E-state index contributed by atoms with van der Waals surface area (Å²) in [4.78, 5) is 20.2. The molecule has 0 fully saturated rings. The number of hydrogen-bond donors (Lipinski definition) is 0. The Labute approximate surface area is 76.5 Å². The quantitative estimate of drug-likeness (QED) is 0.273. The summed E-state index contributed by atoms with van der Waals surface area (Å²) in [6.45, 7) is 3.28. The largest absolute Gasteiger partial charge is 0.469 e. The van der Waals surface area contributed by atoms with Gasteiger partial charge in [0.25, 0.3) is 0 Å². The predicted molar refractivity (Wildman–Crippen MR) is 46.6 cm³/mol. The summed E-state index contributed by atoms with van der Waals surface area (Å²) in [6, 6.07) is 0. The number of carbonyl (C=O) groups excluding carboxylic acids is 1. The van der Waals surface area contributed by atoms with E-state index < -0.39 is 4.92 Å².